The Labute approximate surface area is 193 Å². The number of imidazole rings is 1. The third-order valence-corrected chi connectivity index (χ3v) is 6.27. The molecular weight excluding hydrogens is 420 g/mol. The number of aryl methyl sites for hydroxylation is 1. The first-order chi connectivity index (χ1) is 16.0. The quantitative estimate of drug-likeness (QED) is 0.527. The predicted octanol–water partition coefficient (Wildman–Crippen LogP) is 3.66. The van der Waals surface area contributed by atoms with Gasteiger partial charge in [-0.25, -0.2) is 14.2 Å². The van der Waals surface area contributed by atoms with Crippen LogP contribution in [0.2, 0.25) is 0 Å². The molecule has 33 heavy (non-hydrogen) atoms. The minimum atomic E-state index is -0.365. The average Bonchev–Trinajstić information content (AvgIpc) is 3.29. The van der Waals surface area contributed by atoms with Crippen molar-refractivity contribution < 1.29 is 14.3 Å². The van der Waals surface area contributed by atoms with Gasteiger partial charge >= 0.3 is 5.69 Å². The maximum Gasteiger partial charge on any atom is 0.339 e. The molecule has 1 saturated carbocycles. The van der Waals surface area contributed by atoms with E-state index in [2.05, 4.69) is 17.2 Å². The Morgan fingerprint density at radius 3 is 2.70 bits per heavy atom. The van der Waals surface area contributed by atoms with Gasteiger partial charge in [-0.15, -0.1) is 0 Å². The summed E-state index contributed by atoms with van der Waals surface area (Å²) in [5.74, 6) is 0.287. The number of nitrogens with one attached hydrogen (secondary N) is 1. The summed E-state index contributed by atoms with van der Waals surface area (Å²) in [5, 5.41) is 3.10. The van der Waals surface area contributed by atoms with Gasteiger partial charge in [-0.2, -0.15) is 0 Å². The highest BCUT2D eigenvalue weighted by atomic mass is 16.5. The van der Waals surface area contributed by atoms with Crippen LogP contribution in [0, 0.1) is 6.92 Å². The van der Waals surface area contributed by atoms with E-state index in [4.69, 9.17) is 9.47 Å². The number of aromatic nitrogens is 3. The lowest BCUT2D eigenvalue weighted by Crippen LogP contribution is -2.40. The number of unbranched alkanes of at least 4 members (excludes halogenated alkanes) is 1. The predicted molar refractivity (Wildman–Crippen MR) is 126 cm³/mol. The highest BCUT2D eigenvalue weighted by Crippen LogP contribution is 2.23. The summed E-state index contributed by atoms with van der Waals surface area (Å²) in [7, 11) is 1.56. The Balaban J connectivity index is 1.56. The van der Waals surface area contributed by atoms with Crippen LogP contribution in [-0.2, 0) is 4.74 Å². The molecule has 176 valence electrons. The van der Waals surface area contributed by atoms with Gasteiger partial charge in [-0.1, -0.05) is 25.5 Å². The Morgan fingerprint density at radius 1 is 1.21 bits per heavy atom. The fourth-order valence-corrected chi connectivity index (χ4v) is 4.43. The lowest BCUT2D eigenvalue weighted by molar-refractivity contribution is 0.0209. The molecule has 0 aliphatic heterocycles. The molecule has 1 amide bonds. The Morgan fingerprint density at radius 2 is 1.97 bits per heavy atom. The highest BCUT2D eigenvalue weighted by molar-refractivity contribution is 5.93. The van der Waals surface area contributed by atoms with Crippen LogP contribution < -0.4 is 15.7 Å². The lowest BCUT2D eigenvalue weighted by Gasteiger charge is -2.29. The summed E-state index contributed by atoms with van der Waals surface area (Å²) in [6, 6.07) is 7.36. The highest BCUT2D eigenvalue weighted by Gasteiger charge is 2.25. The van der Waals surface area contributed by atoms with Crippen LogP contribution in [0.4, 0.5) is 0 Å². The molecule has 8 nitrogen and oxygen atoms in total. The molecule has 0 bridgehead atoms. The number of carbonyl (C=O) groups is 1. The van der Waals surface area contributed by atoms with Crippen LogP contribution in [0.15, 0.2) is 41.5 Å². The number of ether oxygens (including phenoxy) is 2. The monoisotopic (exact) mass is 452 g/mol. The normalized spacial score (nSPS) is 18.4. The van der Waals surface area contributed by atoms with Crippen LogP contribution in [0.3, 0.4) is 0 Å². The zero-order valence-electron chi connectivity index (χ0n) is 19.5. The molecule has 2 heterocycles. The molecule has 8 heteroatoms. The van der Waals surface area contributed by atoms with E-state index in [-0.39, 0.29) is 29.4 Å². The van der Waals surface area contributed by atoms with Crippen molar-refractivity contribution in [2.45, 2.75) is 64.5 Å². The number of amides is 1. The van der Waals surface area contributed by atoms with E-state index in [1.54, 1.807) is 19.4 Å². The number of hydrogen-bond acceptors (Lipinski definition) is 5. The molecule has 3 aromatic rings. The van der Waals surface area contributed by atoms with Gasteiger partial charge in [0.15, 0.2) is 0 Å². The van der Waals surface area contributed by atoms with Crippen molar-refractivity contribution in [3.8, 4) is 11.4 Å². The van der Waals surface area contributed by atoms with E-state index in [1.165, 1.54) is 15.2 Å². The smallest absolute Gasteiger partial charge is 0.339 e. The number of benzene rings is 1. The third kappa shape index (κ3) is 4.80. The number of rotatable bonds is 8. The first-order valence-electron chi connectivity index (χ1n) is 11.7. The van der Waals surface area contributed by atoms with Gasteiger partial charge in [0.1, 0.15) is 17.1 Å². The minimum Gasteiger partial charge on any atom is -0.495 e. The summed E-state index contributed by atoms with van der Waals surface area (Å²) in [6.07, 6.45) is 9.28. The number of hydrogen-bond donors (Lipinski definition) is 1. The second-order valence-corrected chi connectivity index (χ2v) is 8.61. The number of para-hydroxylation sites is 2. The molecule has 1 N–H and O–H groups in total. The second-order valence-electron chi connectivity index (χ2n) is 8.61. The first kappa shape index (κ1) is 23.0. The van der Waals surface area contributed by atoms with E-state index >= 15 is 0 Å². The van der Waals surface area contributed by atoms with Gasteiger partial charge < -0.3 is 14.8 Å². The van der Waals surface area contributed by atoms with Crippen LogP contribution in [-0.4, -0.2) is 45.7 Å². The largest absolute Gasteiger partial charge is 0.495 e. The molecule has 1 aliphatic carbocycles. The van der Waals surface area contributed by atoms with Crippen LogP contribution in [0.5, 0.6) is 5.75 Å². The van der Waals surface area contributed by atoms with E-state index in [0.717, 1.165) is 50.7 Å². The maximum atomic E-state index is 13.4. The summed E-state index contributed by atoms with van der Waals surface area (Å²) < 4.78 is 14.2. The molecule has 1 aliphatic rings. The Hall–Kier alpha value is -3.13. The van der Waals surface area contributed by atoms with Gasteiger partial charge in [0.2, 0.25) is 0 Å². The van der Waals surface area contributed by atoms with Gasteiger partial charge in [-0.05, 0) is 51.2 Å². The van der Waals surface area contributed by atoms with Crippen molar-refractivity contribution in [2.75, 3.05) is 13.7 Å². The van der Waals surface area contributed by atoms with E-state index in [1.807, 2.05) is 25.1 Å². The average molecular weight is 453 g/mol. The summed E-state index contributed by atoms with van der Waals surface area (Å²) in [6.45, 7) is 4.83. The van der Waals surface area contributed by atoms with E-state index in [9.17, 15) is 9.59 Å². The SMILES string of the molecule is CCCCOC1CCC(NC(=O)c2cnc3c(C)cn(-c4ccccc4OC)c(=O)n23)CC1. The van der Waals surface area contributed by atoms with Gasteiger partial charge in [-0.3, -0.25) is 9.36 Å². The molecule has 0 atom stereocenters. The molecule has 4 rings (SSSR count). The van der Waals surface area contributed by atoms with Crippen molar-refractivity contribution in [3.05, 3.63) is 58.4 Å². The number of nitrogens with zero attached hydrogens (tertiary/aromatic N) is 3. The van der Waals surface area contributed by atoms with Crippen molar-refractivity contribution >= 4 is 11.6 Å². The molecular formula is C25H32N4O4. The maximum absolute atomic E-state index is 13.4. The van der Waals surface area contributed by atoms with Gasteiger partial charge in [0.05, 0.1) is 25.1 Å². The Kier molecular flexibility index (Phi) is 7.13. The van der Waals surface area contributed by atoms with E-state index < -0.39 is 0 Å². The zero-order valence-corrected chi connectivity index (χ0v) is 19.5. The molecule has 0 radical (unpaired) electrons. The molecule has 1 fully saturated rings. The number of fused-ring (bicyclic) bond motifs is 1. The first-order valence-corrected chi connectivity index (χ1v) is 11.7. The van der Waals surface area contributed by atoms with Crippen LogP contribution in [0.25, 0.3) is 11.3 Å². The standard InChI is InChI=1S/C25H32N4O4/c1-4-5-14-33-19-12-10-18(11-13-19)27-24(30)21-15-26-23-17(2)16-28(25(31)29(21)23)20-8-6-7-9-22(20)32-3/h6-9,15-16,18-19H,4-5,10-14H2,1-3H3,(H,27,30). The number of methoxy groups -OCH3 is 1. The summed E-state index contributed by atoms with van der Waals surface area (Å²) >= 11 is 0. The van der Waals surface area contributed by atoms with Crippen molar-refractivity contribution in [1.29, 1.82) is 0 Å². The topological polar surface area (TPSA) is 86.9 Å². The fraction of sp³-hybridized carbons (Fsp3) is 0.480. The summed E-state index contributed by atoms with van der Waals surface area (Å²) in [5.41, 5.74) is 1.74. The minimum absolute atomic E-state index is 0.0651. The fourth-order valence-electron chi connectivity index (χ4n) is 4.43. The van der Waals surface area contributed by atoms with Crippen molar-refractivity contribution in [2.24, 2.45) is 0 Å². The molecule has 0 spiro atoms. The second kappa shape index (κ2) is 10.2. The number of carbonyl (C=O) groups excluding carboxylic acids is 1. The van der Waals surface area contributed by atoms with Crippen molar-refractivity contribution in [1.82, 2.24) is 19.3 Å². The molecule has 0 saturated heterocycles. The van der Waals surface area contributed by atoms with Crippen LogP contribution in [0.1, 0.15) is 61.5 Å². The van der Waals surface area contributed by atoms with Crippen LogP contribution >= 0.6 is 0 Å². The van der Waals surface area contributed by atoms with Crippen molar-refractivity contribution in [3.63, 3.8) is 0 Å². The Bertz CT molecular complexity index is 1170. The summed E-state index contributed by atoms with van der Waals surface area (Å²) in [4.78, 5) is 30.9. The third-order valence-electron chi connectivity index (χ3n) is 6.27. The van der Waals surface area contributed by atoms with Gasteiger partial charge in [0, 0.05) is 24.4 Å². The zero-order chi connectivity index (χ0) is 23.4. The van der Waals surface area contributed by atoms with E-state index in [0.29, 0.717) is 17.1 Å². The molecule has 2 aromatic heterocycles. The molecule has 0 unspecified atom stereocenters. The molecule has 1 aromatic carbocycles. The lowest BCUT2D eigenvalue weighted by atomic mass is 9.93. The van der Waals surface area contributed by atoms with Gasteiger partial charge in [0.25, 0.3) is 5.91 Å².